The molecule has 10 nitrogen and oxygen atoms in total. The molecule has 0 aromatic heterocycles. The molecule has 76 valence electrons. The molecule has 0 fully saturated rings. The van der Waals surface area contributed by atoms with E-state index in [0.717, 1.165) is 0 Å². The first-order chi connectivity index (χ1) is 5.74. The summed E-state index contributed by atoms with van der Waals surface area (Å²) in [6.07, 6.45) is -2.41. The van der Waals surface area contributed by atoms with Gasteiger partial charge in [0.25, 0.3) is 0 Å². The first-order valence-corrected chi connectivity index (χ1v) is 3.99. The van der Waals surface area contributed by atoms with Crippen LogP contribution in [0.4, 0.5) is 0 Å². The highest BCUT2D eigenvalue weighted by atomic mass is 32.3. The van der Waals surface area contributed by atoms with Crippen LogP contribution in [0.1, 0.15) is 0 Å². The van der Waals surface area contributed by atoms with E-state index in [1.807, 2.05) is 0 Å². The van der Waals surface area contributed by atoms with Crippen LogP contribution in [0.25, 0.3) is 0 Å². The molecule has 0 aliphatic heterocycles. The third-order valence-corrected chi connectivity index (χ3v) is 1.29. The average molecular weight is 216 g/mol. The van der Waals surface area contributed by atoms with Crippen molar-refractivity contribution in [3.05, 3.63) is 20.2 Å². The molecule has 0 radical (unpaired) electrons. The summed E-state index contributed by atoms with van der Waals surface area (Å²) < 4.78 is 31.1. The summed E-state index contributed by atoms with van der Waals surface area (Å²) in [6, 6.07) is 0. The minimum Gasteiger partial charge on any atom is -0.264 e. The van der Waals surface area contributed by atoms with E-state index in [2.05, 4.69) is 4.18 Å². The molecule has 0 aliphatic rings. The second kappa shape index (κ2) is 4.06. The van der Waals surface area contributed by atoms with E-state index in [0.29, 0.717) is 0 Å². The summed E-state index contributed by atoms with van der Waals surface area (Å²) in [5.41, 5.74) is 0. The van der Waals surface area contributed by atoms with Crippen molar-refractivity contribution in [3.63, 3.8) is 0 Å². The van der Waals surface area contributed by atoms with Gasteiger partial charge >= 0.3 is 16.6 Å². The van der Waals surface area contributed by atoms with Crippen LogP contribution in [0.5, 0.6) is 0 Å². The Kier molecular flexibility index (Phi) is 3.65. The largest absolute Gasteiger partial charge is 0.474 e. The fraction of sp³-hybridized carbons (Fsp3) is 1.00. The quantitative estimate of drug-likeness (QED) is 0.257. The zero-order chi connectivity index (χ0) is 10.6. The number of rotatable bonds is 5. The van der Waals surface area contributed by atoms with Crippen LogP contribution in [0, 0.1) is 20.2 Å². The minimum atomic E-state index is -4.90. The highest BCUT2D eigenvalue weighted by molar-refractivity contribution is 7.80. The molecule has 0 unspecified atom stereocenters. The average Bonchev–Trinajstić information content (AvgIpc) is 1.82. The van der Waals surface area contributed by atoms with E-state index in [-0.39, 0.29) is 0 Å². The molecule has 0 bridgehead atoms. The van der Waals surface area contributed by atoms with E-state index in [9.17, 15) is 28.6 Å². The van der Waals surface area contributed by atoms with Crippen molar-refractivity contribution in [1.29, 1.82) is 0 Å². The summed E-state index contributed by atoms with van der Waals surface area (Å²) in [6.45, 7) is -1.35. The van der Waals surface area contributed by atoms with Gasteiger partial charge in [-0.2, -0.15) is 8.42 Å². The lowest BCUT2D eigenvalue weighted by Gasteiger charge is -2.00. The molecule has 0 saturated carbocycles. The lowest BCUT2D eigenvalue weighted by molar-refractivity contribution is -0.743. The molecule has 0 aromatic carbocycles. The topological polar surface area (TPSA) is 150 Å². The SMILES string of the molecule is O=[N+]([O-])C(COS(=O)(=O)O)[N+](=O)[O-]. The molecule has 0 heterocycles. The third-order valence-electron chi connectivity index (χ3n) is 0.853. The van der Waals surface area contributed by atoms with E-state index >= 15 is 0 Å². The fourth-order valence-corrected chi connectivity index (χ4v) is 0.639. The first kappa shape index (κ1) is 11.7. The molecule has 0 spiro atoms. The van der Waals surface area contributed by atoms with Crippen molar-refractivity contribution >= 4 is 10.4 Å². The summed E-state index contributed by atoms with van der Waals surface area (Å²) in [5.74, 6) is 0. The van der Waals surface area contributed by atoms with Crippen molar-refractivity contribution in [2.75, 3.05) is 6.61 Å². The summed E-state index contributed by atoms with van der Waals surface area (Å²) in [4.78, 5) is 17.0. The summed E-state index contributed by atoms with van der Waals surface area (Å²) in [5, 5.41) is 19.7. The smallest absolute Gasteiger partial charge is 0.264 e. The van der Waals surface area contributed by atoms with Gasteiger partial charge in [0.2, 0.25) is 6.61 Å². The number of hydrogen-bond donors (Lipinski definition) is 1. The third kappa shape index (κ3) is 5.00. The van der Waals surface area contributed by atoms with E-state index in [4.69, 9.17) is 4.55 Å². The monoisotopic (exact) mass is 216 g/mol. The lowest BCUT2D eigenvalue weighted by atomic mass is 10.6. The van der Waals surface area contributed by atoms with Crippen molar-refractivity contribution < 1.29 is 27.0 Å². The van der Waals surface area contributed by atoms with Gasteiger partial charge in [0, 0.05) is 0 Å². The molecule has 0 saturated heterocycles. The minimum absolute atomic E-state index is 1.34. The Hall–Kier alpha value is -1.33. The Morgan fingerprint density at radius 2 is 1.69 bits per heavy atom. The van der Waals surface area contributed by atoms with Gasteiger partial charge in [-0.1, -0.05) is 0 Å². The lowest BCUT2D eigenvalue weighted by Crippen LogP contribution is -2.34. The Labute approximate surface area is 71.4 Å². The van der Waals surface area contributed by atoms with E-state index in [1.165, 1.54) is 0 Å². The fourth-order valence-electron chi connectivity index (χ4n) is 0.346. The molecular formula is C2H4N2O8S. The molecular weight excluding hydrogens is 212 g/mol. The number of nitrogens with zero attached hydrogens (tertiary/aromatic N) is 2. The molecule has 0 amide bonds. The Morgan fingerprint density at radius 1 is 1.31 bits per heavy atom. The first-order valence-electron chi connectivity index (χ1n) is 2.63. The standard InChI is InChI=1S/C2H4N2O8S/c5-3(6)2(4(7)8)1-12-13(9,10)11/h2H,1H2,(H,9,10,11). The van der Waals surface area contributed by atoms with Crippen LogP contribution >= 0.6 is 0 Å². The number of nitro groups is 2. The highest BCUT2D eigenvalue weighted by Gasteiger charge is 2.34. The Bertz CT molecular complexity index is 292. The van der Waals surface area contributed by atoms with Gasteiger partial charge in [-0.3, -0.25) is 24.8 Å². The molecule has 0 atom stereocenters. The molecule has 11 heteroatoms. The van der Waals surface area contributed by atoms with Crippen LogP contribution in [-0.4, -0.2) is 35.6 Å². The van der Waals surface area contributed by atoms with E-state index in [1.54, 1.807) is 0 Å². The Balaban J connectivity index is 4.30. The van der Waals surface area contributed by atoms with Crippen LogP contribution < -0.4 is 0 Å². The molecule has 0 aromatic rings. The van der Waals surface area contributed by atoms with Crippen LogP contribution in [-0.2, 0) is 14.6 Å². The summed E-state index contributed by atoms with van der Waals surface area (Å²) >= 11 is 0. The van der Waals surface area contributed by atoms with Gasteiger partial charge in [-0.05, 0) is 0 Å². The van der Waals surface area contributed by atoms with Gasteiger partial charge in [-0.25, -0.2) is 4.18 Å². The van der Waals surface area contributed by atoms with Crippen molar-refractivity contribution in [2.45, 2.75) is 6.17 Å². The van der Waals surface area contributed by atoms with Gasteiger partial charge in [0.15, 0.2) is 0 Å². The maximum absolute atomic E-state index is 9.87. The zero-order valence-corrected chi connectivity index (χ0v) is 6.71. The normalized spacial score (nSPS) is 11.5. The predicted molar refractivity (Wildman–Crippen MR) is 35.3 cm³/mol. The van der Waals surface area contributed by atoms with Crippen LogP contribution in [0.2, 0.25) is 0 Å². The van der Waals surface area contributed by atoms with Crippen molar-refractivity contribution in [1.82, 2.24) is 0 Å². The molecule has 13 heavy (non-hydrogen) atoms. The zero-order valence-electron chi connectivity index (χ0n) is 5.89. The molecule has 0 rings (SSSR count). The molecule has 0 aliphatic carbocycles. The maximum atomic E-state index is 9.87. The van der Waals surface area contributed by atoms with Crippen molar-refractivity contribution in [2.24, 2.45) is 0 Å². The van der Waals surface area contributed by atoms with Gasteiger partial charge in [-0.15, -0.1) is 0 Å². The van der Waals surface area contributed by atoms with Crippen LogP contribution in [0.3, 0.4) is 0 Å². The van der Waals surface area contributed by atoms with Crippen LogP contribution in [0.15, 0.2) is 0 Å². The van der Waals surface area contributed by atoms with Gasteiger partial charge in [0.1, 0.15) is 0 Å². The number of hydrogen-bond acceptors (Lipinski definition) is 7. The highest BCUT2D eigenvalue weighted by Crippen LogP contribution is 1.95. The second-order valence-corrected chi connectivity index (χ2v) is 2.85. The Morgan fingerprint density at radius 3 is 1.92 bits per heavy atom. The van der Waals surface area contributed by atoms with Gasteiger partial charge < -0.3 is 0 Å². The van der Waals surface area contributed by atoms with Gasteiger partial charge in [0.05, 0.1) is 9.85 Å². The summed E-state index contributed by atoms with van der Waals surface area (Å²) in [7, 11) is -4.90. The van der Waals surface area contributed by atoms with Crippen molar-refractivity contribution in [3.8, 4) is 0 Å². The van der Waals surface area contributed by atoms with E-state index < -0.39 is 33.0 Å². The molecule has 1 N–H and O–H groups in total. The second-order valence-electron chi connectivity index (χ2n) is 1.76. The predicted octanol–water partition coefficient (Wildman–Crippen LogP) is -1.31. The maximum Gasteiger partial charge on any atom is 0.474 e.